The van der Waals surface area contributed by atoms with Gasteiger partial charge < -0.3 is 14.8 Å². The molecule has 2 aromatic carbocycles. The molecule has 8 heteroatoms. The van der Waals surface area contributed by atoms with Crippen LogP contribution in [-0.4, -0.2) is 24.5 Å². The number of methoxy groups -OCH3 is 1. The summed E-state index contributed by atoms with van der Waals surface area (Å²) < 4.78 is 38.4. The molecule has 0 spiro atoms. The van der Waals surface area contributed by atoms with E-state index in [9.17, 15) is 13.6 Å². The number of carbonyl (C=O) groups excluding carboxylic acids is 1. The van der Waals surface area contributed by atoms with Crippen LogP contribution in [0.3, 0.4) is 0 Å². The summed E-state index contributed by atoms with van der Waals surface area (Å²) in [6.07, 6.45) is 0. The van der Waals surface area contributed by atoms with Gasteiger partial charge in [-0.15, -0.1) is 11.3 Å². The molecule has 0 aliphatic heterocycles. The van der Waals surface area contributed by atoms with Crippen LogP contribution < -0.4 is 14.8 Å². The highest BCUT2D eigenvalue weighted by molar-refractivity contribution is 7.13. The number of hydrogen-bond acceptors (Lipinski definition) is 5. The largest absolute Gasteiger partial charge is 0.493 e. The van der Waals surface area contributed by atoms with E-state index in [1.807, 2.05) is 6.92 Å². The fourth-order valence-corrected chi connectivity index (χ4v) is 3.30. The molecule has 0 aliphatic rings. The second-order valence-corrected chi connectivity index (χ2v) is 6.61. The van der Waals surface area contributed by atoms with Crippen LogP contribution in [0.5, 0.6) is 11.5 Å². The maximum absolute atomic E-state index is 13.8. The third kappa shape index (κ3) is 4.28. The Balaban J connectivity index is 1.80. The summed E-state index contributed by atoms with van der Waals surface area (Å²) in [5, 5.41) is 5.02. The van der Waals surface area contributed by atoms with E-state index in [1.165, 1.54) is 36.6 Å². The van der Waals surface area contributed by atoms with Crippen LogP contribution in [0.25, 0.3) is 10.6 Å². The molecular formula is C20H18F2N2O3S. The van der Waals surface area contributed by atoms with Gasteiger partial charge in [0.2, 0.25) is 0 Å². The van der Waals surface area contributed by atoms with Crippen molar-refractivity contribution in [1.29, 1.82) is 0 Å². The minimum absolute atomic E-state index is 0.153. The monoisotopic (exact) mass is 404 g/mol. The molecule has 1 heterocycles. The van der Waals surface area contributed by atoms with Crippen molar-refractivity contribution in [2.24, 2.45) is 0 Å². The molecule has 146 valence electrons. The standard InChI is InChI=1S/C20H18F2N2O3S/c1-3-23-19(25)16-11-28-20(24-16)12-7-8-17(18(9-12)26-2)27-10-13-14(21)5-4-6-15(13)22/h4-9,11H,3,10H2,1-2H3,(H,23,25). The summed E-state index contributed by atoms with van der Waals surface area (Å²) >= 11 is 1.33. The molecule has 1 N–H and O–H groups in total. The van der Waals surface area contributed by atoms with Crippen LogP contribution in [0, 0.1) is 11.6 Å². The lowest BCUT2D eigenvalue weighted by molar-refractivity contribution is 0.0951. The predicted octanol–water partition coefficient (Wildman–Crippen LogP) is 4.43. The van der Waals surface area contributed by atoms with E-state index >= 15 is 0 Å². The van der Waals surface area contributed by atoms with Crippen molar-refractivity contribution in [1.82, 2.24) is 10.3 Å². The van der Waals surface area contributed by atoms with Crippen molar-refractivity contribution < 1.29 is 23.0 Å². The van der Waals surface area contributed by atoms with E-state index in [0.717, 1.165) is 5.56 Å². The van der Waals surface area contributed by atoms with Crippen LogP contribution in [0.2, 0.25) is 0 Å². The van der Waals surface area contributed by atoms with Crippen LogP contribution >= 0.6 is 11.3 Å². The fraction of sp³-hybridized carbons (Fsp3) is 0.200. The first-order valence-corrected chi connectivity index (χ1v) is 9.39. The third-order valence-corrected chi connectivity index (χ3v) is 4.81. The first-order valence-electron chi connectivity index (χ1n) is 8.51. The highest BCUT2D eigenvalue weighted by atomic mass is 32.1. The van der Waals surface area contributed by atoms with Gasteiger partial charge in [0, 0.05) is 17.5 Å². The van der Waals surface area contributed by atoms with Gasteiger partial charge in [-0.1, -0.05) is 6.07 Å². The van der Waals surface area contributed by atoms with Crippen LogP contribution in [-0.2, 0) is 6.61 Å². The van der Waals surface area contributed by atoms with E-state index in [2.05, 4.69) is 10.3 Å². The Bertz CT molecular complexity index is 971. The number of nitrogens with one attached hydrogen (secondary N) is 1. The first kappa shape index (κ1) is 19.8. The molecule has 0 saturated carbocycles. The fourth-order valence-electron chi connectivity index (χ4n) is 2.50. The molecule has 3 rings (SSSR count). The molecule has 0 atom stereocenters. The second kappa shape index (κ2) is 8.79. The molecule has 28 heavy (non-hydrogen) atoms. The normalized spacial score (nSPS) is 10.6. The molecule has 1 amide bonds. The summed E-state index contributed by atoms with van der Waals surface area (Å²) in [4.78, 5) is 16.2. The molecule has 0 unspecified atom stereocenters. The predicted molar refractivity (Wildman–Crippen MR) is 103 cm³/mol. The number of ether oxygens (including phenoxy) is 2. The summed E-state index contributed by atoms with van der Waals surface area (Å²) in [7, 11) is 1.47. The van der Waals surface area contributed by atoms with E-state index in [-0.39, 0.29) is 18.1 Å². The van der Waals surface area contributed by atoms with E-state index in [4.69, 9.17) is 9.47 Å². The van der Waals surface area contributed by atoms with Gasteiger partial charge in [0.25, 0.3) is 5.91 Å². The van der Waals surface area contributed by atoms with Gasteiger partial charge in [-0.3, -0.25) is 4.79 Å². The molecule has 0 aliphatic carbocycles. The van der Waals surface area contributed by atoms with E-state index in [0.29, 0.717) is 28.7 Å². The summed E-state index contributed by atoms with van der Waals surface area (Å²) in [5.41, 5.74) is 0.929. The minimum atomic E-state index is -0.670. The Labute approximate surface area is 164 Å². The second-order valence-electron chi connectivity index (χ2n) is 5.75. The van der Waals surface area contributed by atoms with Crippen LogP contribution in [0.1, 0.15) is 23.0 Å². The molecule has 1 aromatic heterocycles. The maximum atomic E-state index is 13.8. The highest BCUT2D eigenvalue weighted by Gasteiger charge is 2.15. The lowest BCUT2D eigenvalue weighted by Crippen LogP contribution is -2.22. The maximum Gasteiger partial charge on any atom is 0.270 e. The summed E-state index contributed by atoms with van der Waals surface area (Å²) in [6, 6.07) is 8.74. The lowest BCUT2D eigenvalue weighted by atomic mass is 10.2. The quantitative estimate of drug-likeness (QED) is 0.633. The number of nitrogens with zero attached hydrogens (tertiary/aromatic N) is 1. The van der Waals surface area contributed by atoms with Crippen LogP contribution in [0.4, 0.5) is 8.78 Å². The lowest BCUT2D eigenvalue weighted by Gasteiger charge is -2.12. The number of rotatable bonds is 7. The Kier molecular flexibility index (Phi) is 6.20. The third-order valence-electron chi connectivity index (χ3n) is 3.92. The number of thiazole rings is 1. The Morgan fingerprint density at radius 2 is 1.93 bits per heavy atom. The number of aromatic nitrogens is 1. The highest BCUT2D eigenvalue weighted by Crippen LogP contribution is 2.34. The summed E-state index contributed by atoms with van der Waals surface area (Å²) in [6.45, 7) is 2.09. The number of halogens is 2. The van der Waals surface area contributed by atoms with Crippen molar-refractivity contribution in [3.05, 3.63) is 64.7 Å². The SMILES string of the molecule is CCNC(=O)c1csc(-c2ccc(OCc3c(F)cccc3F)c(OC)c2)n1. The van der Waals surface area contributed by atoms with E-state index < -0.39 is 11.6 Å². The number of benzene rings is 2. The Hall–Kier alpha value is -3.00. The Morgan fingerprint density at radius 1 is 1.18 bits per heavy atom. The van der Waals surface area contributed by atoms with Crippen LogP contribution in [0.15, 0.2) is 41.8 Å². The van der Waals surface area contributed by atoms with Crippen molar-refractivity contribution >= 4 is 17.2 Å². The molecule has 0 radical (unpaired) electrons. The number of carbonyl (C=O) groups is 1. The molecule has 0 bridgehead atoms. The average molecular weight is 404 g/mol. The molecule has 0 fully saturated rings. The van der Waals surface area contributed by atoms with Crippen molar-refractivity contribution in [2.75, 3.05) is 13.7 Å². The zero-order chi connectivity index (χ0) is 20.1. The molecule has 0 saturated heterocycles. The van der Waals surface area contributed by atoms with Gasteiger partial charge in [0.15, 0.2) is 11.5 Å². The van der Waals surface area contributed by atoms with Gasteiger partial charge in [0.05, 0.1) is 12.7 Å². The zero-order valence-corrected chi connectivity index (χ0v) is 16.1. The average Bonchev–Trinajstić information content (AvgIpc) is 3.18. The van der Waals surface area contributed by atoms with E-state index in [1.54, 1.807) is 23.6 Å². The van der Waals surface area contributed by atoms with Crippen molar-refractivity contribution in [3.63, 3.8) is 0 Å². The van der Waals surface area contributed by atoms with Gasteiger partial charge in [-0.2, -0.15) is 0 Å². The number of hydrogen-bond donors (Lipinski definition) is 1. The first-order chi connectivity index (χ1) is 13.5. The zero-order valence-electron chi connectivity index (χ0n) is 15.3. The van der Waals surface area contributed by atoms with Gasteiger partial charge >= 0.3 is 0 Å². The van der Waals surface area contributed by atoms with Gasteiger partial charge in [-0.25, -0.2) is 13.8 Å². The molecule has 3 aromatic rings. The molecular weight excluding hydrogens is 386 g/mol. The number of amides is 1. The van der Waals surface area contributed by atoms with Gasteiger partial charge in [-0.05, 0) is 37.3 Å². The van der Waals surface area contributed by atoms with Crippen molar-refractivity contribution in [3.8, 4) is 22.1 Å². The minimum Gasteiger partial charge on any atom is -0.493 e. The summed E-state index contributed by atoms with van der Waals surface area (Å²) in [5.74, 6) is -0.838. The van der Waals surface area contributed by atoms with Gasteiger partial charge in [0.1, 0.15) is 28.9 Å². The topological polar surface area (TPSA) is 60.5 Å². The molecule has 5 nitrogen and oxygen atoms in total. The van der Waals surface area contributed by atoms with Crippen molar-refractivity contribution in [2.45, 2.75) is 13.5 Å². The smallest absolute Gasteiger partial charge is 0.270 e. The Morgan fingerprint density at radius 3 is 2.61 bits per heavy atom.